The largest absolute Gasteiger partial charge is 0.495 e. The van der Waals surface area contributed by atoms with Gasteiger partial charge in [0.25, 0.3) is 11.6 Å². The second-order valence-corrected chi connectivity index (χ2v) is 5.11. The number of aliphatic hydroxyl groups is 1. The van der Waals surface area contributed by atoms with Gasteiger partial charge in [0.15, 0.2) is 12.7 Å². The number of rotatable bonds is 7. The number of hydrogen-bond acceptors (Lipinski definition) is 7. The fourth-order valence-electron chi connectivity index (χ4n) is 2.08. The van der Waals surface area contributed by atoms with Crippen LogP contribution in [0.1, 0.15) is 11.7 Å². The van der Waals surface area contributed by atoms with E-state index in [2.05, 4.69) is 5.32 Å². The van der Waals surface area contributed by atoms with E-state index in [1.165, 1.54) is 19.2 Å². The maximum absolute atomic E-state index is 11.9. The number of hydrogen-bond donors (Lipinski definition) is 2. The lowest BCUT2D eigenvalue weighted by Gasteiger charge is -2.12. The van der Waals surface area contributed by atoms with Crippen LogP contribution in [0.2, 0.25) is 0 Å². The second-order valence-electron chi connectivity index (χ2n) is 5.11. The molecule has 9 nitrogen and oxygen atoms in total. The maximum Gasteiger partial charge on any atom is 0.340 e. The molecule has 1 amide bonds. The highest BCUT2D eigenvalue weighted by atomic mass is 16.6. The van der Waals surface area contributed by atoms with Crippen LogP contribution in [0.4, 0.5) is 11.4 Å². The van der Waals surface area contributed by atoms with Crippen molar-refractivity contribution in [1.29, 1.82) is 0 Å². The molecule has 0 saturated carbocycles. The molecule has 0 aliphatic heterocycles. The number of nitrogens with zero attached hydrogens (tertiary/aromatic N) is 1. The average molecular weight is 360 g/mol. The molecule has 0 heterocycles. The number of nitro benzene ring substituents is 1. The summed E-state index contributed by atoms with van der Waals surface area (Å²) in [6.45, 7) is -0.672. The number of nitrogens with one attached hydrogen (secondary N) is 1. The third-order valence-electron chi connectivity index (χ3n) is 3.35. The number of esters is 1. The monoisotopic (exact) mass is 360 g/mol. The summed E-state index contributed by atoms with van der Waals surface area (Å²) in [5, 5.41) is 23.1. The van der Waals surface area contributed by atoms with E-state index in [9.17, 15) is 24.8 Å². The lowest BCUT2D eigenvalue weighted by atomic mass is 10.1. The van der Waals surface area contributed by atoms with Gasteiger partial charge in [0, 0.05) is 12.1 Å². The first-order chi connectivity index (χ1) is 12.4. The van der Waals surface area contributed by atoms with E-state index in [0.29, 0.717) is 5.56 Å². The summed E-state index contributed by atoms with van der Waals surface area (Å²) >= 11 is 0. The Bertz CT molecular complexity index is 808. The molecule has 9 heteroatoms. The van der Waals surface area contributed by atoms with Gasteiger partial charge < -0.3 is 19.9 Å². The molecular weight excluding hydrogens is 344 g/mol. The quantitative estimate of drug-likeness (QED) is 0.438. The highest BCUT2D eigenvalue weighted by Gasteiger charge is 2.20. The topological polar surface area (TPSA) is 128 Å². The van der Waals surface area contributed by atoms with Crippen molar-refractivity contribution < 1.29 is 29.1 Å². The summed E-state index contributed by atoms with van der Waals surface area (Å²) in [5.74, 6) is -1.52. The lowest BCUT2D eigenvalue weighted by molar-refractivity contribution is -0.384. The van der Waals surface area contributed by atoms with Crippen LogP contribution in [0.15, 0.2) is 48.5 Å². The molecule has 2 aromatic rings. The first kappa shape index (κ1) is 18.9. The number of amides is 1. The lowest BCUT2D eigenvalue weighted by Crippen LogP contribution is -2.24. The van der Waals surface area contributed by atoms with E-state index in [1.54, 1.807) is 30.3 Å². The van der Waals surface area contributed by atoms with Crippen molar-refractivity contribution >= 4 is 23.3 Å². The first-order valence-electron chi connectivity index (χ1n) is 7.44. The van der Waals surface area contributed by atoms with Crippen molar-refractivity contribution in [3.63, 3.8) is 0 Å². The Kier molecular flexibility index (Phi) is 6.23. The van der Waals surface area contributed by atoms with Gasteiger partial charge in [-0.1, -0.05) is 30.3 Å². The summed E-state index contributed by atoms with van der Waals surface area (Å²) in [4.78, 5) is 33.9. The molecular formula is C17H16N2O7. The Morgan fingerprint density at radius 3 is 2.54 bits per heavy atom. The number of anilines is 1. The molecule has 0 unspecified atom stereocenters. The third-order valence-corrected chi connectivity index (χ3v) is 3.35. The standard InChI is InChI=1S/C17H16N2O7/c1-25-14-8-7-12(19(23)24)9-13(14)18-15(20)10-26-17(22)16(21)11-5-3-2-4-6-11/h2-9,16,21H,10H2,1H3,(H,18,20)/t16-/m1/s1. The number of ether oxygens (including phenoxy) is 2. The number of non-ortho nitro benzene ring substituents is 1. The maximum atomic E-state index is 11.9. The van der Waals surface area contributed by atoms with Crippen LogP contribution in [-0.2, 0) is 14.3 Å². The normalized spacial score (nSPS) is 11.3. The predicted octanol–water partition coefficient (Wildman–Crippen LogP) is 1.82. The molecule has 0 aliphatic rings. The molecule has 0 radical (unpaired) electrons. The first-order valence-corrected chi connectivity index (χ1v) is 7.44. The Hall–Kier alpha value is -3.46. The zero-order valence-electron chi connectivity index (χ0n) is 13.7. The zero-order chi connectivity index (χ0) is 19.1. The van der Waals surface area contributed by atoms with E-state index in [0.717, 1.165) is 6.07 Å². The molecule has 136 valence electrons. The van der Waals surface area contributed by atoms with Gasteiger partial charge in [0.05, 0.1) is 17.7 Å². The third kappa shape index (κ3) is 4.77. The highest BCUT2D eigenvalue weighted by Crippen LogP contribution is 2.28. The van der Waals surface area contributed by atoms with Crippen molar-refractivity contribution in [2.45, 2.75) is 6.10 Å². The van der Waals surface area contributed by atoms with Gasteiger partial charge in [-0.05, 0) is 11.6 Å². The van der Waals surface area contributed by atoms with Crippen LogP contribution in [0.3, 0.4) is 0 Å². The van der Waals surface area contributed by atoms with Crippen LogP contribution < -0.4 is 10.1 Å². The molecule has 0 fully saturated rings. The van der Waals surface area contributed by atoms with E-state index in [-0.39, 0.29) is 17.1 Å². The molecule has 0 bridgehead atoms. The second kappa shape index (κ2) is 8.58. The van der Waals surface area contributed by atoms with E-state index in [4.69, 9.17) is 9.47 Å². The number of carbonyl (C=O) groups excluding carboxylic acids is 2. The van der Waals surface area contributed by atoms with Gasteiger partial charge in [-0.25, -0.2) is 4.79 Å². The Labute approximate surface area is 148 Å². The Balaban J connectivity index is 1.97. The number of nitro groups is 1. The van der Waals surface area contributed by atoms with Gasteiger partial charge in [-0.2, -0.15) is 0 Å². The summed E-state index contributed by atoms with van der Waals surface area (Å²) in [7, 11) is 1.34. The molecule has 2 aromatic carbocycles. The molecule has 26 heavy (non-hydrogen) atoms. The van der Waals surface area contributed by atoms with Crippen molar-refractivity contribution in [3.05, 3.63) is 64.2 Å². The summed E-state index contributed by atoms with van der Waals surface area (Å²) in [6, 6.07) is 11.8. The number of benzene rings is 2. The van der Waals surface area contributed by atoms with Crippen molar-refractivity contribution in [3.8, 4) is 5.75 Å². The number of aliphatic hydroxyl groups excluding tert-OH is 1. The van der Waals surface area contributed by atoms with Crippen LogP contribution in [0.25, 0.3) is 0 Å². The Morgan fingerprint density at radius 1 is 1.23 bits per heavy atom. The minimum atomic E-state index is -1.52. The molecule has 2 N–H and O–H groups in total. The van der Waals surface area contributed by atoms with Crippen LogP contribution in [0, 0.1) is 10.1 Å². The van der Waals surface area contributed by atoms with Crippen molar-refractivity contribution in [2.24, 2.45) is 0 Å². The van der Waals surface area contributed by atoms with E-state index < -0.39 is 29.5 Å². The number of carbonyl (C=O) groups is 2. The minimum Gasteiger partial charge on any atom is -0.495 e. The average Bonchev–Trinajstić information content (AvgIpc) is 2.66. The van der Waals surface area contributed by atoms with Crippen molar-refractivity contribution in [2.75, 3.05) is 19.0 Å². The minimum absolute atomic E-state index is 0.0614. The SMILES string of the molecule is COc1ccc([N+](=O)[O-])cc1NC(=O)COC(=O)[C@H](O)c1ccccc1. The van der Waals surface area contributed by atoms with E-state index in [1.807, 2.05) is 0 Å². The van der Waals surface area contributed by atoms with Gasteiger partial charge in [0.1, 0.15) is 5.75 Å². The van der Waals surface area contributed by atoms with Crippen LogP contribution >= 0.6 is 0 Å². The van der Waals surface area contributed by atoms with Gasteiger partial charge in [-0.3, -0.25) is 14.9 Å². The number of methoxy groups -OCH3 is 1. The molecule has 1 atom stereocenters. The highest BCUT2D eigenvalue weighted by molar-refractivity contribution is 5.94. The van der Waals surface area contributed by atoms with Gasteiger partial charge in [-0.15, -0.1) is 0 Å². The molecule has 0 aromatic heterocycles. The van der Waals surface area contributed by atoms with E-state index >= 15 is 0 Å². The molecule has 0 saturated heterocycles. The molecule has 2 rings (SSSR count). The summed E-state index contributed by atoms with van der Waals surface area (Å²) < 4.78 is 9.79. The predicted molar refractivity (Wildman–Crippen MR) is 90.6 cm³/mol. The fraction of sp³-hybridized carbons (Fsp3) is 0.176. The fourth-order valence-corrected chi connectivity index (χ4v) is 2.08. The van der Waals surface area contributed by atoms with Crippen LogP contribution in [-0.4, -0.2) is 35.6 Å². The summed E-state index contributed by atoms with van der Waals surface area (Å²) in [5.41, 5.74) is 0.155. The summed E-state index contributed by atoms with van der Waals surface area (Å²) in [6.07, 6.45) is -1.52. The van der Waals surface area contributed by atoms with Crippen LogP contribution in [0.5, 0.6) is 5.75 Å². The zero-order valence-corrected chi connectivity index (χ0v) is 13.7. The van der Waals surface area contributed by atoms with Gasteiger partial charge >= 0.3 is 5.97 Å². The van der Waals surface area contributed by atoms with Crippen molar-refractivity contribution in [1.82, 2.24) is 0 Å². The Morgan fingerprint density at radius 2 is 1.92 bits per heavy atom. The smallest absolute Gasteiger partial charge is 0.340 e. The molecule has 0 aliphatic carbocycles. The van der Waals surface area contributed by atoms with Gasteiger partial charge in [0.2, 0.25) is 0 Å². The molecule has 0 spiro atoms.